The van der Waals surface area contributed by atoms with Gasteiger partial charge in [0.1, 0.15) is 6.04 Å². The molecule has 21 heavy (non-hydrogen) atoms. The van der Waals surface area contributed by atoms with Crippen molar-refractivity contribution in [1.29, 1.82) is 0 Å². The summed E-state index contributed by atoms with van der Waals surface area (Å²) in [7, 11) is 0. The molecule has 0 aliphatic heterocycles. The normalized spacial score (nSPS) is 11.9. The summed E-state index contributed by atoms with van der Waals surface area (Å²) in [6, 6.07) is 6.66. The van der Waals surface area contributed by atoms with E-state index in [9.17, 15) is 9.59 Å². The van der Waals surface area contributed by atoms with Gasteiger partial charge in [0.25, 0.3) is 0 Å². The summed E-state index contributed by atoms with van der Waals surface area (Å²) >= 11 is 7.25. The number of hydrogen-bond donors (Lipinski definition) is 2. The van der Waals surface area contributed by atoms with Crippen molar-refractivity contribution < 1.29 is 14.7 Å². The molecule has 1 aromatic rings. The molecular weight excluding hydrogens is 310 g/mol. The second kappa shape index (κ2) is 9.68. The van der Waals surface area contributed by atoms with Crippen LogP contribution in [0.15, 0.2) is 24.3 Å². The Morgan fingerprint density at radius 1 is 1.33 bits per heavy atom. The first kappa shape index (κ1) is 17.9. The molecule has 116 valence electrons. The van der Waals surface area contributed by atoms with E-state index < -0.39 is 12.0 Å². The van der Waals surface area contributed by atoms with Gasteiger partial charge in [-0.15, -0.1) is 11.8 Å². The van der Waals surface area contributed by atoms with Crippen molar-refractivity contribution in [2.45, 2.75) is 38.0 Å². The predicted molar refractivity (Wildman–Crippen MR) is 86.7 cm³/mol. The van der Waals surface area contributed by atoms with Gasteiger partial charge in [-0.1, -0.05) is 43.5 Å². The lowest BCUT2D eigenvalue weighted by Gasteiger charge is -2.13. The van der Waals surface area contributed by atoms with Gasteiger partial charge in [0.15, 0.2) is 0 Å². The largest absolute Gasteiger partial charge is 0.480 e. The topological polar surface area (TPSA) is 66.4 Å². The number of benzene rings is 1. The number of unbranched alkanes of at least 4 members (excludes halogenated alkanes) is 1. The highest BCUT2D eigenvalue weighted by atomic mass is 35.5. The molecule has 0 radical (unpaired) electrons. The molecule has 1 rings (SSSR count). The number of rotatable bonds is 9. The fourth-order valence-electron chi connectivity index (χ4n) is 1.74. The molecule has 0 spiro atoms. The highest BCUT2D eigenvalue weighted by Gasteiger charge is 2.18. The molecule has 0 heterocycles. The van der Waals surface area contributed by atoms with Crippen molar-refractivity contribution in [3.05, 3.63) is 34.9 Å². The van der Waals surface area contributed by atoms with Crippen molar-refractivity contribution in [2.24, 2.45) is 0 Å². The van der Waals surface area contributed by atoms with Crippen LogP contribution in [-0.2, 0) is 15.3 Å². The Hall–Kier alpha value is -1.20. The van der Waals surface area contributed by atoms with Gasteiger partial charge in [0.2, 0.25) is 5.91 Å². The summed E-state index contributed by atoms with van der Waals surface area (Å²) in [5.41, 5.74) is 1.08. The zero-order valence-corrected chi connectivity index (χ0v) is 13.5. The first-order valence-electron chi connectivity index (χ1n) is 6.87. The van der Waals surface area contributed by atoms with Gasteiger partial charge in [-0.3, -0.25) is 4.79 Å². The standard InChI is InChI=1S/C15H20ClNO3S/c1-2-3-4-13(15(19)20)17-14(18)10-21-9-11-5-7-12(16)8-6-11/h5-8,13H,2-4,9-10H2,1H3,(H,17,18)(H,19,20)/t13-/m0/s1. The van der Waals surface area contributed by atoms with E-state index in [0.717, 1.165) is 18.4 Å². The Kier molecular flexibility index (Phi) is 8.23. The van der Waals surface area contributed by atoms with E-state index in [2.05, 4.69) is 5.32 Å². The van der Waals surface area contributed by atoms with Gasteiger partial charge in [0, 0.05) is 10.8 Å². The molecule has 1 aromatic carbocycles. The van der Waals surface area contributed by atoms with Crippen molar-refractivity contribution >= 4 is 35.2 Å². The average Bonchev–Trinajstić information content (AvgIpc) is 2.45. The first-order valence-corrected chi connectivity index (χ1v) is 8.40. The van der Waals surface area contributed by atoms with E-state index in [-0.39, 0.29) is 11.7 Å². The number of nitrogens with one attached hydrogen (secondary N) is 1. The third kappa shape index (κ3) is 7.39. The summed E-state index contributed by atoms with van der Waals surface area (Å²) in [5.74, 6) is -0.271. The molecule has 0 aromatic heterocycles. The molecule has 1 atom stereocenters. The zero-order chi connectivity index (χ0) is 15.7. The van der Waals surface area contributed by atoms with E-state index in [1.807, 2.05) is 31.2 Å². The van der Waals surface area contributed by atoms with Crippen LogP contribution in [0.2, 0.25) is 5.02 Å². The average molecular weight is 330 g/mol. The zero-order valence-electron chi connectivity index (χ0n) is 12.0. The number of hydrogen-bond acceptors (Lipinski definition) is 3. The minimum Gasteiger partial charge on any atom is -0.480 e. The molecule has 2 N–H and O–H groups in total. The van der Waals surface area contributed by atoms with Gasteiger partial charge in [0.05, 0.1) is 5.75 Å². The lowest BCUT2D eigenvalue weighted by atomic mass is 10.1. The number of carboxylic acids is 1. The highest BCUT2D eigenvalue weighted by Crippen LogP contribution is 2.15. The summed E-state index contributed by atoms with van der Waals surface area (Å²) in [6.45, 7) is 1.99. The number of aliphatic carboxylic acids is 1. The van der Waals surface area contributed by atoms with E-state index in [4.69, 9.17) is 16.7 Å². The van der Waals surface area contributed by atoms with Crippen LogP contribution >= 0.6 is 23.4 Å². The minimum atomic E-state index is -0.973. The van der Waals surface area contributed by atoms with Crippen LogP contribution in [0.5, 0.6) is 0 Å². The van der Waals surface area contributed by atoms with Crippen molar-refractivity contribution in [3.63, 3.8) is 0 Å². The van der Waals surface area contributed by atoms with Crippen LogP contribution in [0.4, 0.5) is 0 Å². The van der Waals surface area contributed by atoms with E-state index in [1.54, 1.807) is 0 Å². The summed E-state index contributed by atoms with van der Waals surface area (Å²) in [5, 5.41) is 12.3. The number of amides is 1. The number of halogens is 1. The summed E-state index contributed by atoms with van der Waals surface area (Å²) in [6.07, 6.45) is 2.17. The molecule has 0 unspecified atom stereocenters. The lowest BCUT2D eigenvalue weighted by Crippen LogP contribution is -2.41. The molecule has 0 fully saturated rings. The maximum absolute atomic E-state index is 11.7. The lowest BCUT2D eigenvalue weighted by molar-refractivity contribution is -0.141. The monoisotopic (exact) mass is 329 g/mol. The minimum absolute atomic E-state index is 0.238. The predicted octanol–water partition coefficient (Wildman–Crippen LogP) is 3.33. The summed E-state index contributed by atoms with van der Waals surface area (Å²) < 4.78 is 0. The Balaban J connectivity index is 2.32. The quantitative estimate of drug-likeness (QED) is 0.729. The molecule has 0 aliphatic carbocycles. The number of carbonyl (C=O) groups excluding carboxylic acids is 1. The van der Waals surface area contributed by atoms with Crippen molar-refractivity contribution in [1.82, 2.24) is 5.32 Å². The van der Waals surface area contributed by atoms with Gasteiger partial charge >= 0.3 is 5.97 Å². The Bertz CT molecular complexity index is 464. The SMILES string of the molecule is CCCC[C@H](NC(=O)CSCc1ccc(Cl)cc1)C(=O)O. The van der Waals surface area contributed by atoms with Crippen LogP contribution in [0.3, 0.4) is 0 Å². The van der Waals surface area contributed by atoms with E-state index in [0.29, 0.717) is 17.2 Å². The highest BCUT2D eigenvalue weighted by molar-refractivity contribution is 7.99. The second-order valence-electron chi connectivity index (χ2n) is 4.72. The Morgan fingerprint density at radius 3 is 2.57 bits per heavy atom. The third-order valence-electron chi connectivity index (χ3n) is 2.89. The van der Waals surface area contributed by atoms with E-state index in [1.165, 1.54) is 11.8 Å². The molecule has 0 bridgehead atoms. The van der Waals surface area contributed by atoms with Crippen LogP contribution < -0.4 is 5.32 Å². The molecule has 0 saturated heterocycles. The number of thioether (sulfide) groups is 1. The first-order chi connectivity index (χ1) is 10.0. The van der Waals surface area contributed by atoms with Crippen LogP contribution in [-0.4, -0.2) is 28.8 Å². The third-order valence-corrected chi connectivity index (χ3v) is 4.15. The van der Waals surface area contributed by atoms with Gasteiger partial charge in [-0.2, -0.15) is 0 Å². The van der Waals surface area contributed by atoms with Crippen molar-refractivity contribution in [3.8, 4) is 0 Å². The summed E-state index contributed by atoms with van der Waals surface area (Å²) in [4.78, 5) is 22.8. The van der Waals surface area contributed by atoms with Crippen LogP contribution in [0, 0.1) is 0 Å². The molecule has 0 aliphatic rings. The molecule has 6 heteroatoms. The molecule has 0 saturated carbocycles. The van der Waals surface area contributed by atoms with Crippen LogP contribution in [0.1, 0.15) is 31.7 Å². The van der Waals surface area contributed by atoms with Crippen molar-refractivity contribution in [2.75, 3.05) is 5.75 Å². The number of carboxylic acid groups (broad SMARTS) is 1. The van der Waals surface area contributed by atoms with Crippen LogP contribution in [0.25, 0.3) is 0 Å². The molecular formula is C15H20ClNO3S. The van der Waals surface area contributed by atoms with E-state index >= 15 is 0 Å². The van der Waals surface area contributed by atoms with Gasteiger partial charge in [-0.05, 0) is 24.1 Å². The maximum Gasteiger partial charge on any atom is 0.326 e. The second-order valence-corrected chi connectivity index (χ2v) is 6.14. The smallest absolute Gasteiger partial charge is 0.326 e. The maximum atomic E-state index is 11.7. The molecule has 1 amide bonds. The fraction of sp³-hybridized carbons (Fsp3) is 0.467. The number of carbonyl (C=O) groups is 2. The Labute approximate surface area is 134 Å². The fourth-order valence-corrected chi connectivity index (χ4v) is 2.67. The molecule has 4 nitrogen and oxygen atoms in total. The Morgan fingerprint density at radius 2 is 2.00 bits per heavy atom. The van der Waals surface area contributed by atoms with Gasteiger partial charge in [-0.25, -0.2) is 4.79 Å². The van der Waals surface area contributed by atoms with Gasteiger partial charge < -0.3 is 10.4 Å².